The Morgan fingerprint density at radius 3 is 2.84 bits per heavy atom. The van der Waals surface area contributed by atoms with Gasteiger partial charge in [-0.3, -0.25) is 5.10 Å². The van der Waals surface area contributed by atoms with Crippen molar-refractivity contribution in [1.29, 1.82) is 0 Å². The van der Waals surface area contributed by atoms with Crippen LogP contribution in [0.3, 0.4) is 0 Å². The second-order valence-electron chi connectivity index (χ2n) is 6.95. The maximum Gasteiger partial charge on any atom is 0.317 e. The number of carbonyl (C=O) groups is 1. The smallest absolute Gasteiger partial charge is 0.317 e. The van der Waals surface area contributed by atoms with E-state index in [2.05, 4.69) is 15.5 Å². The third kappa shape index (κ3) is 4.14. The van der Waals surface area contributed by atoms with Gasteiger partial charge < -0.3 is 15.0 Å². The topological polar surface area (TPSA) is 104 Å². The second-order valence-corrected chi connectivity index (χ2v) is 9.10. The van der Waals surface area contributed by atoms with Crippen molar-refractivity contribution < 1.29 is 17.9 Å². The summed E-state index contributed by atoms with van der Waals surface area (Å²) in [5, 5.41) is 10.3. The predicted molar refractivity (Wildman–Crippen MR) is 93.1 cm³/mol. The molecule has 2 atom stereocenters. The van der Waals surface area contributed by atoms with Gasteiger partial charge in [0.05, 0.1) is 35.9 Å². The number of carbonyl (C=O) groups excluding carboxylic acids is 1. The molecule has 2 amide bonds. The minimum Gasteiger partial charge on any atom is -0.378 e. The van der Waals surface area contributed by atoms with E-state index in [1.54, 1.807) is 11.9 Å². The number of H-pyrrole nitrogens is 1. The fraction of sp³-hybridized carbons (Fsp3) is 0.750. The zero-order chi connectivity index (χ0) is 18.0. The molecule has 0 radical (unpaired) electrons. The van der Waals surface area contributed by atoms with E-state index in [0.717, 1.165) is 25.0 Å². The lowest BCUT2D eigenvalue weighted by molar-refractivity contribution is 0.0984. The van der Waals surface area contributed by atoms with Crippen LogP contribution in [-0.2, 0) is 34.0 Å². The number of hydrogen-bond donors (Lipinski definition) is 2. The fourth-order valence-corrected chi connectivity index (χ4v) is 5.45. The van der Waals surface area contributed by atoms with Crippen LogP contribution < -0.4 is 5.32 Å². The number of aromatic nitrogens is 2. The van der Waals surface area contributed by atoms with Gasteiger partial charge in [0.2, 0.25) is 0 Å². The van der Waals surface area contributed by atoms with Crippen LogP contribution in [0.25, 0.3) is 0 Å². The van der Waals surface area contributed by atoms with Crippen LogP contribution in [0.15, 0.2) is 0 Å². The van der Waals surface area contributed by atoms with E-state index in [1.807, 2.05) is 0 Å². The number of aryl methyl sites for hydroxylation is 1. The summed E-state index contributed by atoms with van der Waals surface area (Å²) in [4.78, 5) is 14.0. The van der Waals surface area contributed by atoms with E-state index in [0.29, 0.717) is 6.54 Å². The number of nitrogens with one attached hydrogen (secondary N) is 2. The summed E-state index contributed by atoms with van der Waals surface area (Å²) in [6.45, 7) is 0.398. The first-order valence-electron chi connectivity index (χ1n) is 8.69. The van der Waals surface area contributed by atoms with Gasteiger partial charge in [-0.1, -0.05) is 6.42 Å². The van der Waals surface area contributed by atoms with Crippen molar-refractivity contribution in [1.82, 2.24) is 20.4 Å². The van der Waals surface area contributed by atoms with Crippen LogP contribution in [-0.4, -0.2) is 67.4 Å². The van der Waals surface area contributed by atoms with Gasteiger partial charge in [0.15, 0.2) is 9.84 Å². The van der Waals surface area contributed by atoms with Crippen molar-refractivity contribution in [2.24, 2.45) is 0 Å². The fourth-order valence-electron chi connectivity index (χ4n) is 3.60. The van der Waals surface area contributed by atoms with Crippen molar-refractivity contribution in [2.75, 3.05) is 25.7 Å². The Labute approximate surface area is 148 Å². The summed E-state index contributed by atoms with van der Waals surface area (Å²) < 4.78 is 28.7. The molecule has 0 spiro atoms. The molecular formula is C16H26N4O4S. The molecule has 1 aromatic rings. The lowest BCUT2D eigenvalue weighted by atomic mass is 10.1. The quantitative estimate of drug-likeness (QED) is 0.757. The number of amides is 2. The van der Waals surface area contributed by atoms with E-state index in [4.69, 9.17) is 4.74 Å². The number of nitrogens with zero attached hydrogens (tertiary/aromatic N) is 2. The second kappa shape index (κ2) is 7.33. The Bertz CT molecular complexity index is 730. The van der Waals surface area contributed by atoms with E-state index in [9.17, 15) is 13.2 Å². The van der Waals surface area contributed by atoms with E-state index in [1.165, 1.54) is 31.2 Å². The summed E-state index contributed by atoms with van der Waals surface area (Å²) in [6.07, 6.45) is 5.03. The van der Waals surface area contributed by atoms with E-state index < -0.39 is 22.0 Å². The third-order valence-electron chi connectivity index (χ3n) is 5.04. The molecule has 2 N–H and O–H groups in total. The van der Waals surface area contributed by atoms with Crippen LogP contribution in [0.2, 0.25) is 0 Å². The predicted octanol–water partition coefficient (Wildman–Crippen LogP) is 0.632. The minimum absolute atomic E-state index is 0.0506. The molecule has 0 unspecified atom stereocenters. The molecule has 140 valence electrons. The molecule has 1 aromatic heterocycles. The molecule has 25 heavy (non-hydrogen) atoms. The molecule has 1 aliphatic carbocycles. The summed E-state index contributed by atoms with van der Waals surface area (Å²) >= 11 is 0. The first-order valence-corrected chi connectivity index (χ1v) is 10.5. The number of ether oxygens (including phenoxy) is 1. The molecule has 0 saturated carbocycles. The van der Waals surface area contributed by atoms with Gasteiger partial charge in [-0.25, -0.2) is 13.2 Å². The van der Waals surface area contributed by atoms with Crippen LogP contribution >= 0.6 is 0 Å². The lowest BCUT2D eigenvalue weighted by Gasteiger charge is -2.23. The number of sulfone groups is 1. The van der Waals surface area contributed by atoms with Gasteiger partial charge in [0.25, 0.3) is 0 Å². The number of methoxy groups -OCH3 is 1. The van der Waals surface area contributed by atoms with Crippen LogP contribution in [0.4, 0.5) is 4.79 Å². The van der Waals surface area contributed by atoms with Crippen molar-refractivity contribution in [3.63, 3.8) is 0 Å². The first-order chi connectivity index (χ1) is 11.9. The largest absolute Gasteiger partial charge is 0.378 e. The molecule has 2 heterocycles. The molecule has 0 aromatic carbocycles. The highest BCUT2D eigenvalue weighted by molar-refractivity contribution is 7.91. The number of rotatable bonds is 4. The normalized spacial score (nSPS) is 25.2. The number of fused-ring (bicyclic) bond motifs is 1. The van der Waals surface area contributed by atoms with Crippen molar-refractivity contribution in [2.45, 2.75) is 50.8 Å². The standard InChI is InChI=1S/C16H26N4O4S/c1-20(8-13-11-6-4-3-5-7-12(11)18-19-13)16(21)17-14-9-25(22,23)10-15(14)24-2/h14-15H,3-10H2,1-2H3,(H,17,21)(H,18,19)/t14-,15-/m1/s1. The Hall–Kier alpha value is -1.61. The van der Waals surface area contributed by atoms with Crippen LogP contribution in [0.1, 0.15) is 36.2 Å². The molecule has 2 aliphatic rings. The number of hydrogen-bond acceptors (Lipinski definition) is 5. The van der Waals surface area contributed by atoms with E-state index in [-0.39, 0.29) is 17.5 Å². The highest BCUT2D eigenvalue weighted by atomic mass is 32.2. The molecule has 8 nitrogen and oxygen atoms in total. The molecule has 3 rings (SSSR count). The summed E-state index contributed by atoms with van der Waals surface area (Å²) in [6, 6.07) is -0.823. The van der Waals surface area contributed by atoms with Gasteiger partial charge in [0.1, 0.15) is 0 Å². The zero-order valence-electron chi connectivity index (χ0n) is 14.7. The molecular weight excluding hydrogens is 344 g/mol. The van der Waals surface area contributed by atoms with Gasteiger partial charge in [-0.05, 0) is 31.2 Å². The third-order valence-corrected chi connectivity index (χ3v) is 6.74. The Morgan fingerprint density at radius 2 is 2.08 bits per heavy atom. The SMILES string of the molecule is CO[C@@H]1CS(=O)(=O)C[C@H]1NC(=O)N(C)Cc1n[nH]c2c1CCCCC2. The van der Waals surface area contributed by atoms with Gasteiger partial charge in [-0.15, -0.1) is 0 Å². The van der Waals surface area contributed by atoms with Gasteiger partial charge in [0, 0.05) is 19.9 Å². The molecule has 9 heteroatoms. The van der Waals surface area contributed by atoms with Crippen molar-refractivity contribution in [3.05, 3.63) is 17.0 Å². The zero-order valence-corrected chi connectivity index (χ0v) is 15.6. The first kappa shape index (κ1) is 18.2. The molecule has 1 saturated heterocycles. The summed E-state index contributed by atoms with van der Waals surface area (Å²) in [5.41, 5.74) is 3.31. The maximum atomic E-state index is 12.5. The maximum absolute atomic E-state index is 12.5. The number of aromatic amines is 1. The Morgan fingerprint density at radius 1 is 1.32 bits per heavy atom. The van der Waals surface area contributed by atoms with Crippen molar-refractivity contribution in [3.8, 4) is 0 Å². The Balaban J connectivity index is 1.63. The van der Waals surface area contributed by atoms with Gasteiger partial charge >= 0.3 is 6.03 Å². The monoisotopic (exact) mass is 370 g/mol. The summed E-state index contributed by atoms with van der Waals surface area (Å²) in [5.74, 6) is -0.131. The highest BCUT2D eigenvalue weighted by Crippen LogP contribution is 2.22. The summed E-state index contributed by atoms with van der Waals surface area (Å²) in [7, 11) is -0.0112. The van der Waals surface area contributed by atoms with E-state index >= 15 is 0 Å². The lowest BCUT2D eigenvalue weighted by Crippen LogP contribution is -2.48. The van der Waals surface area contributed by atoms with Crippen LogP contribution in [0, 0.1) is 0 Å². The average molecular weight is 370 g/mol. The number of urea groups is 1. The van der Waals surface area contributed by atoms with Crippen molar-refractivity contribution >= 4 is 15.9 Å². The molecule has 1 aliphatic heterocycles. The minimum atomic E-state index is -3.17. The van der Waals surface area contributed by atoms with Gasteiger partial charge in [-0.2, -0.15) is 5.10 Å². The highest BCUT2D eigenvalue weighted by Gasteiger charge is 2.39. The molecule has 1 fully saturated rings. The molecule has 0 bridgehead atoms. The Kier molecular flexibility index (Phi) is 5.33. The average Bonchev–Trinajstić information content (AvgIpc) is 2.96. The van der Waals surface area contributed by atoms with Crippen LogP contribution in [0.5, 0.6) is 0 Å².